The van der Waals surface area contributed by atoms with Crippen molar-refractivity contribution >= 4 is 12.0 Å². The lowest BCUT2D eigenvalue weighted by Gasteiger charge is -2.15. The lowest BCUT2D eigenvalue weighted by molar-refractivity contribution is -0.141. The third kappa shape index (κ3) is 1.83. The Morgan fingerprint density at radius 2 is 2.27 bits per heavy atom. The topological polar surface area (TPSA) is 75.4 Å². The molecule has 1 amide bonds. The van der Waals surface area contributed by atoms with Crippen LogP contribution in [0, 0.1) is 5.92 Å². The van der Waals surface area contributed by atoms with Crippen molar-refractivity contribution in [2.24, 2.45) is 5.92 Å². The van der Waals surface area contributed by atoms with Gasteiger partial charge in [-0.3, -0.25) is 9.36 Å². The van der Waals surface area contributed by atoms with Gasteiger partial charge in [0, 0.05) is 25.5 Å². The second kappa shape index (κ2) is 3.72. The van der Waals surface area contributed by atoms with Gasteiger partial charge in [-0.05, 0) is 6.42 Å². The van der Waals surface area contributed by atoms with E-state index in [-0.39, 0.29) is 12.6 Å². The van der Waals surface area contributed by atoms with Gasteiger partial charge in [-0.15, -0.1) is 0 Å². The molecule has 1 aromatic heterocycles. The number of likely N-dealkylation sites (tertiary alicyclic amines) is 1. The maximum atomic E-state index is 11.7. The number of rotatable bonds is 1. The van der Waals surface area contributed by atoms with Crippen LogP contribution in [0.15, 0.2) is 18.7 Å². The van der Waals surface area contributed by atoms with Crippen LogP contribution >= 0.6 is 0 Å². The number of hydrogen-bond acceptors (Lipinski definition) is 3. The zero-order chi connectivity index (χ0) is 10.8. The molecular formula is C9H11N3O3. The van der Waals surface area contributed by atoms with Crippen LogP contribution in [0.25, 0.3) is 0 Å². The van der Waals surface area contributed by atoms with Crippen molar-refractivity contribution in [2.45, 2.75) is 6.42 Å². The summed E-state index contributed by atoms with van der Waals surface area (Å²) in [6.45, 7) is 0.778. The quantitative estimate of drug-likeness (QED) is 0.719. The molecule has 0 bridgehead atoms. The van der Waals surface area contributed by atoms with Crippen LogP contribution < -0.4 is 0 Å². The minimum Gasteiger partial charge on any atom is -0.481 e. The van der Waals surface area contributed by atoms with Crippen LogP contribution in [-0.4, -0.2) is 44.6 Å². The summed E-state index contributed by atoms with van der Waals surface area (Å²) in [7, 11) is 0. The van der Waals surface area contributed by atoms with Gasteiger partial charge in [0.15, 0.2) is 0 Å². The highest BCUT2D eigenvalue weighted by atomic mass is 16.4. The third-order valence-electron chi connectivity index (χ3n) is 2.53. The SMILES string of the molecule is O=C(O)[C@@H]1CCN(C(=O)n2ccnc2)C1. The molecular weight excluding hydrogens is 198 g/mol. The van der Waals surface area contributed by atoms with Crippen molar-refractivity contribution in [1.29, 1.82) is 0 Å². The summed E-state index contributed by atoms with van der Waals surface area (Å²) in [4.78, 5) is 27.7. The molecule has 0 unspecified atom stereocenters. The molecule has 1 aliphatic rings. The highest BCUT2D eigenvalue weighted by Gasteiger charge is 2.31. The second-order valence-electron chi connectivity index (χ2n) is 3.52. The first-order valence-electron chi connectivity index (χ1n) is 4.68. The van der Waals surface area contributed by atoms with Crippen LogP contribution in [0.2, 0.25) is 0 Å². The standard InChI is InChI=1S/C9H11N3O3/c13-8(14)7-1-3-11(5-7)9(15)12-4-2-10-6-12/h2,4,6-7H,1,3,5H2,(H,13,14)/t7-/m1/s1. The van der Waals surface area contributed by atoms with E-state index < -0.39 is 11.9 Å². The first-order valence-corrected chi connectivity index (χ1v) is 4.68. The van der Waals surface area contributed by atoms with Crippen molar-refractivity contribution in [2.75, 3.05) is 13.1 Å². The first-order chi connectivity index (χ1) is 7.18. The van der Waals surface area contributed by atoms with E-state index in [2.05, 4.69) is 4.98 Å². The molecule has 1 fully saturated rings. The average molecular weight is 209 g/mol. The van der Waals surface area contributed by atoms with Crippen LogP contribution in [0.5, 0.6) is 0 Å². The summed E-state index contributed by atoms with van der Waals surface area (Å²) in [5.74, 6) is -1.27. The van der Waals surface area contributed by atoms with E-state index >= 15 is 0 Å². The van der Waals surface area contributed by atoms with Crippen molar-refractivity contribution in [3.05, 3.63) is 18.7 Å². The van der Waals surface area contributed by atoms with E-state index in [9.17, 15) is 9.59 Å². The Kier molecular flexibility index (Phi) is 2.40. The predicted octanol–water partition coefficient (Wildman–Crippen LogP) is 0.258. The number of nitrogens with zero attached hydrogens (tertiary/aromatic N) is 3. The summed E-state index contributed by atoms with van der Waals surface area (Å²) >= 11 is 0. The molecule has 0 aliphatic carbocycles. The van der Waals surface area contributed by atoms with E-state index in [0.29, 0.717) is 13.0 Å². The molecule has 2 rings (SSSR count). The molecule has 1 aromatic rings. The largest absolute Gasteiger partial charge is 0.481 e. The Bertz CT molecular complexity index is 374. The maximum Gasteiger partial charge on any atom is 0.329 e. The molecule has 2 heterocycles. The summed E-state index contributed by atoms with van der Waals surface area (Å²) in [5, 5.41) is 8.79. The van der Waals surface area contributed by atoms with Gasteiger partial charge in [0.25, 0.3) is 0 Å². The van der Waals surface area contributed by atoms with Crippen LogP contribution in [0.3, 0.4) is 0 Å². The molecule has 6 nitrogen and oxygen atoms in total. The number of carbonyl (C=O) groups is 2. The molecule has 1 aliphatic heterocycles. The number of amides is 1. The van der Waals surface area contributed by atoms with Crippen molar-refractivity contribution in [3.63, 3.8) is 0 Å². The number of aliphatic carboxylic acids is 1. The summed E-state index contributed by atoms with van der Waals surface area (Å²) < 4.78 is 1.35. The summed E-state index contributed by atoms with van der Waals surface area (Å²) in [5.41, 5.74) is 0. The molecule has 0 saturated carbocycles. The summed E-state index contributed by atoms with van der Waals surface area (Å²) in [6.07, 6.45) is 5.01. The van der Waals surface area contributed by atoms with Crippen molar-refractivity contribution in [1.82, 2.24) is 14.5 Å². The normalized spacial score (nSPS) is 20.5. The highest BCUT2D eigenvalue weighted by molar-refractivity contribution is 5.79. The number of hydrogen-bond donors (Lipinski definition) is 1. The number of carboxylic acids is 1. The van der Waals surface area contributed by atoms with E-state index in [4.69, 9.17) is 5.11 Å². The van der Waals surface area contributed by atoms with Gasteiger partial charge < -0.3 is 10.0 Å². The molecule has 1 N–H and O–H groups in total. The molecule has 0 spiro atoms. The number of aromatic nitrogens is 2. The Hall–Kier alpha value is -1.85. The van der Waals surface area contributed by atoms with E-state index in [0.717, 1.165) is 0 Å². The Morgan fingerprint density at radius 1 is 1.47 bits per heavy atom. The fraction of sp³-hybridized carbons (Fsp3) is 0.444. The van der Waals surface area contributed by atoms with E-state index in [1.807, 2.05) is 0 Å². The Labute approximate surface area is 86.1 Å². The molecule has 0 aromatic carbocycles. The van der Waals surface area contributed by atoms with Gasteiger partial charge in [-0.2, -0.15) is 0 Å². The van der Waals surface area contributed by atoms with Gasteiger partial charge in [-0.25, -0.2) is 9.78 Å². The molecule has 0 radical (unpaired) electrons. The molecule has 15 heavy (non-hydrogen) atoms. The first kappa shape index (κ1) is 9.70. The number of carboxylic acid groups (broad SMARTS) is 1. The minimum absolute atomic E-state index is 0.212. The van der Waals surface area contributed by atoms with Gasteiger partial charge in [-0.1, -0.05) is 0 Å². The lowest BCUT2D eigenvalue weighted by Crippen LogP contribution is -2.32. The van der Waals surface area contributed by atoms with E-state index in [1.165, 1.54) is 22.0 Å². The molecule has 1 atom stereocenters. The zero-order valence-corrected chi connectivity index (χ0v) is 8.04. The van der Waals surface area contributed by atoms with Crippen molar-refractivity contribution in [3.8, 4) is 0 Å². The fourth-order valence-corrected chi connectivity index (χ4v) is 1.67. The van der Waals surface area contributed by atoms with Crippen LogP contribution in [-0.2, 0) is 4.79 Å². The number of imidazole rings is 1. The molecule has 80 valence electrons. The molecule has 1 saturated heterocycles. The monoisotopic (exact) mass is 209 g/mol. The number of carbonyl (C=O) groups excluding carboxylic acids is 1. The van der Waals surface area contributed by atoms with Gasteiger partial charge in [0.2, 0.25) is 0 Å². The predicted molar refractivity (Wildman–Crippen MR) is 50.3 cm³/mol. The van der Waals surface area contributed by atoms with Gasteiger partial charge in [0.05, 0.1) is 5.92 Å². The second-order valence-corrected chi connectivity index (χ2v) is 3.52. The lowest BCUT2D eigenvalue weighted by atomic mass is 10.1. The van der Waals surface area contributed by atoms with Crippen LogP contribution in [0.1, 0.15) is 6.42 Å². The highest BCUT2D eigenvalue weighted by Crippen LogP contribution is 2.17. The Morgan fingerprint density at radius 3 is 2.80 bits per heavy atom. The van der Waals surface area contributed by atoms with Gasteiger partial charge >= 0.3 is 12.0 Å². The van der Waals surface area contributed by atoms with Crippen molar-refractivity contribution < 1.29 is 14.7 Å². The van der Waals surface area contributed by atoms with Gasteiger partial charge in [0.1, 0.15) is 6.33 Å². The fourth-order valence-electron chi connectivity index (χ4n) is 1.67. The van der Waals surface area contributed by atoms with Crippen LogP contribution in [0.4, 0.5) is 4.79 Å². The maximum absolute atomic E-state index is 11.7. The summed E-state index contributed by atoms with van der Waals surface area (Å²) in [6, 6.07) is -0.212. The minimum atomic E-state index is -0.837. The average Bonchev–Trinajstić information content (AvgIpc) is 2.88. The third-order valence-corrected chi connectivity index (χ3v) is 2.53. The molecule has 6 heteroatoms. The van der Waals surface area contributed by atoms with E-state index in [1.54, 1.807) is 6.20 Å². The zero-order valence-electron chi connectivity index (χ0n) is 8.04. The Balaban J connectivity index is 2.02. The smallest absolute Gasteiger partial charge is 0.329 e.